The van der Waals surface area contributed by atoms with Gasteiger partial charge in [-0.25, -0.2) is 9.07 Å². The van der Waals surface area contributed by atoms with Gasteiger partial charge in [0.25, 0.3) is 5.91 Å². The molecule has 2 heterocycles. The highest BCUT2D eigenvalue weighted by Crippen LogP contribution is 2.24. The van der Waals surface area contributed by atoms with Crippen molar-refractivity contribution < 1.29 is 9.18 Å². The molecule has 1 aliphatic rings. The number of nitrogens with zero attached hydrogens (tertiary/aromatic N) is 3. The maximum atomic E-state index is 14.4. The molecule has 1 N–H and O–H groups in total. The molecule has 1 aromatic heterocycles. The van der Waals surface area contributed by atoms with Crippen molar-refractivity contribution in [2.75, 3.05) is 19.6 Å². The van der Waals surface area contributed by atoms with Crippen molar-refractivity contribution in [3.05, 3.63) is 71.7 Å². The summed E-state index contributed by atoms with van der Waals surface area (Å²) in [6, 6.07) is 16.6. The number of hydrogen-bond donors (Lipinski definition) is 1. The molecule has 32 heavy (non-hydrogen) atoms. The first-order chi connectivity index (χ1) is 15.5. The minimum absolute atomic E-state index is 0.202. The van der Waals surface area contributed by atoms with Gasteiger partial charge in [0.1, 0.15) is 11.5 Å². The van der Waals surface area contributed by atoms with Crippen molar-refractivity contribution in [3.63, 3.8) is 0 Å². The van der Waals surface area contributed by atoms with Crippen molar-refractivity contribution in [1.82, 2.24) is 20.0 Å². The zero-order valence-electron chi connectivity index (χ0n) is 18.9. The summed E-state index contributed by atoms with van der Waals surface area (Å²) >= 11 is 0. The predicted octanol–water partition coefficient (Wildman–Crippen LogP) is 4.98. The van der Waals surface area contributed by atoms with Gasteiger partial charge in [0.2, 0.25) is 0 Å². The predicted molar refractivity (Wildman–Crippen MR) is 126 cm³/mol. The quantitative estimate of drug-likeness (QED) is 0.534. The summed E-state index contributed by atoms with van der Waals surface area (Å²) < 4.78 is 16.0. The van der Waals surface area contributed by atoms with E-state index >= 15 is 0 Å². The van der Waals surface area contributed by atoms with Crippen LogP contribution in [0.5, 0.6) is 0 Å². The molecular weight excluding hydrogens is 403 g/mol. The fourth-order valence-electron chi connectivity index (χ4n) is 4.29. The van der Waals surface area contributed by atoms with E-state index in [9.17, 15) is 9.18 Å². The number of aryl methyl sites for hydroxylation is 1. The summed E-state index contributed by atoms with van der Waals surface area (Å²) in [6.45, 7) is 7.01. The van der Waals surface area contributed by atoms with Crippen LogP contribution in [0, 0.1) is 12.7 Å². The number of hydrogen-bond acceptors (Lipinski definition) is 3. The fourth-order valence-corrected chi connectivity index (χ4v) is 4.29. The van der Waals surface area contributed by atoms with Crippen LogP contribution in [-0.4, -0.2) is 46.3 Å². The van der Waals surface area contributed by atoms with Gasteiger partial charge in [0.05, 0.1) is 11.4 Å². The monoisotopic (exact) mass is 434 g/mol. The van der Waals surface area contributed by atoms with Crippen LogP contribution in [-0.2, 0) is 0 Å². The molecule has 2 aromatic carbocycles. The summed E-state index contributed by atoms with van der Waals surface area (Å²) in [5.74, 6) is -0.559. The highest BCUT2D eigenvalue weighted by Gasteiger charge is 2.20. The van der Waals surface area contributed by atoms with Crippen LogP contribution in [0.1, 0.15) is 48.7 Å². The van der Waals surface area contributed by atoms with Crippen LogP contribution < -0.4 is 5.32 Å². The van der Waals surface area contributed by atoms with Crippen LogP contribution in [0.25, 0.3) is 16.9 Å². The first-order valence-electron chi connectivity index (χ1n) is 11.5. The van der Waals surface area contributed by atoms with Crippen molar-refractivity contribution >= 4 is 5.91 Å². The van der Waals surface area contributed by atoms with Gasteiger partial charge < -0.3 is 10.2 Å². The molecule has 5 nitrogen and oxygen atoms in total. The maximum absolute atomic E-state index is 14.4. The molecule has 0 spiro atoms. The van der Waals surface area contributed by atoms with E-state index in [0.717, 1.165) is 30.8 Å². The topological polar surface area (TPSA) is 50.2 Å². The van der Waals surface area contributed by atoms with Crippen molar-refractivity contribution in [3.8, 4) is 16.9 Å². The molecule has 1 fully saturated rings. The minimum atomic E-state index is -0.358. The molecule has 1 amide bonds. The Morgan fingerprint density at radius 2 is 1.94 bits per heavy atom. The molecule has 1 atom stereocenters. The van der Waals surface area contributed by atoms with Gasteiger partial charge in [0, 0.05) is 24.7 Å². The highest BCUT2D eigenvalue weighted by atomic mass is 19.1. The Morgan fingerprint density at radius 3 is 2.69 bits per heavy atom. The number of nitrogens with one attached hydrogen (secondary N) is 1. The molecular formula is C26H31FN4O. The van der Waals surface area contributed by atoms with Crippen LogP contribution in [0.3, 0.4) is 0 Å². The highest BCUT2D eigenvalue weighted by molar-refractivity contribution is 5.94. The minimum Gasteiger partial charge on any atom is -0.351 e. The Kier molecular flexibility index (Phi) is 7.00. The van der Waals surface area contributed by atoms with Crippen molar-refractivity contribution in [2.45, 2.75) is 45.6 Å². The number of carbonyl (C=O) groups excluding carboxylic acids is 1. The number of rotatable bonds is 7. The average Bonchev–Trinajstić information content (AvgIpc) is 3.24. The molecule has 1 saturated heterocycles. The second-order valence-electron chi connectivity index (χ2n) is 8.63. The van der Waals surface area contributed by atoms with Crippen molar-refractivity contribution in [1.29, 1.82) is 0 Å². The van der Waals surface area contributed by atoms with E-state index in [2.05, 4.69) is 22.2 Å². The molecule has 0 saturated carbocycles. The van der Waals surface area contributed by atoms with Gasteiger partial charge in [-0.05, 0) is 70.0 Å². The average molecular weight is 435 g/mol. The van der Waals surface area contributed by atoms with Crippen LogP contribution in [0.15, 0.2) is 54.6 Å². The zero-order chi connectivity index (χ0) is 22.5. The van der Waals surface area contributed by atoms with E-state index in [1.54, 1.807) is 28.9 Å². The van der Waals surface area contributed by atoms with Gasteiger partial charge in [0.15, 0.2) is 0 Å². The van der Waals surface area contributed by atoms with E-state index in [0.29, 0.717) is 29.5 Å². The normalized spacial score (nSPS) is 16.8. The Bertz CT molecular complexity index is 1060. The number of aromatic nitrogens is 2. The Morgan fingerprint density at radius 1 is 1.16 bits per heavy atom. The maximum Gasteiger partial charge on any atom is 0.270 e. The Labute approximate surface area is 189 Å². The van der Waals surface area contributed by atoms with E-state index in [1.807, 2.05) is 31.2 Å². The lowest BCUT2D eigenvalue weighted by atomic mass is 10.0. The van der Waals surface area contributed by atoms with E-state index < -0.39 is 0 Å². The largest absolute Gasteiger partial charge is 0.351 e. The number of carbonyl (C=O) groups is 1. The number of amides is 1. The lowest BCUT2D eigenvalue weighted by molar-refractivity contribution is 0.0941. The molecule has 168 valence electrons. The van der Waals surface area contributed by atoms with E-state index in [4.69, 9.17) is 0 Å². The molecule has 3 aromatic rings. The summed E-state index contributed by atoms with van der Waals surface area (Å²) in [4.78, 5) is 15.6. The molecule has 1 unspecified atom stereocenters. The summed E-state index contributed by atoms with van der Waals surface area (Å²) in [5.41, 5.74) is 3.11. The van der Waals surface area contributed by atoms with Crippen LogP contribution in [0.4, 0.5) is 4.39 Å². The Hall–Kier alpha value is -2.99. The van der Waals surface area contributed by atoms with Gasteiger partial charge in [-0.1, -0.05) is 36.2 Å². The first-order valence-corrected chi connectivity index (χ1v) is 11.5. The van der Waals surface area contributed by atoms with Crippen LogP contribution in [0.2, 0.25) is 0 Å². The lowest BCUT2D eigenvalue weighted by Crippen LogP contribution is -2.39. The van der Waals surface area contributed by atoms with Crippen LogP contribution >= 0.6 is 0 Å². The molecule has 0 radical (unpaired) electrons. The molecule has 0 aliphatic carbocycles. The van der Waals surface area contributed by atoms with Gasteiger partial charge in [-0.3, -0.25) is 4.79 Å². The van der Waals surface area contributed by atoms with E-state index in [-0.39, 0.29) is 11.7 Å². The number of likely N-dealkylation sites (tertiary alicyclic amines) is 1. The third-order valence-corrected chi connectivity index (χ3v) is 6.22. The second kappa shape index (κ2) is 10.1. The third kappa shape index (κ3) is 5.07. The molecule has 4 rings (SSSR count). The fraction of sp³-hybridized carbons (Fsp3) is 0.385. The SMILES string of the molecule is Cc1ccc(-n2nc(-c3ccccc3F)cc2C(=O)NCCCN2CCCCC2C)cc1. The second-order valence-corrected chi connectivity index (χ2v) is 8.63. The number of benzene rings is 2. The molecule has 1 aliphatic heterocycles. The number of piperidine rings is 1. The smallest absolute Gasteiger partial charge is 0.270 e. The van der Waals surface area contributed by atoms with Gasteiger partial charge in [-0.15, -0.1) is 0 Å². The Balaban J connectivity index is 1.51. The summed E-state index contributed by atoms with van der Waals surface area (Å²) in [7, 11) is 0. The standard InChI is InChI=1S/C26H31FN4O/c1-19-11-13-21(14-12-19)31-25(18-24(29-31)22-9-3-4-10-23(22)27)26(32)28-15-7-17-30-16-6-5-8-20(30)2/h3-4,9-14,18,20H,5-8,15-17H2,1-2H3,(H,28,32). The lowest BCUT2D eigenvalue weighted by Gasteiger charge is -2.33. The summed E-state index contributed by atoms with van der Waals surface area (Å²) in [6.07, 6.45) is 4.71. The zero-order valence-corrected chi connectivity index (χ0v) is 18.9. The van der Waals surface area contributed by atoms with Gasteiger partial charge >= 0.3 is 0 Å². The molecule has 0 bridgehead atoms. The first kappa shape index (κ1) is 22.2. The van der Waals surface area contributed by atoms with E-state index in [1.165, 1.54) is 25.3 Å². The summed E-state index contributed by atoms with van der Waals surface area (Å²) in [5, 5.41) is 7.62. The number of halogens is 1. The third-order valence-electron chi connectivity index (χ3n) is 6.22. The molecule has 6 heteroatoms. The van der Waals surface area contributed by atoms with Crippen molar-refractivity contribution in [2.24, 2.45) is 0 Å². The van der Waals surface area contributed by atoms with Gasteiger partial charge in [-0.2, -0.15) is 5.10 Å².